The number of aliphatic hydroxyl groups excluding tert-OH is 1. The van der Waals surface area contributed by atoms with Crippen LogP contribution in [0, 0.1) is 0 Å². The molecule has 1 aromatic rings. The minimum Gasteiger partial charge on any atom is -0.467 e. The standard InChI is InChI=1S/C7H11F2N5O2/c1-16-6-13-4(10)12-5(14-6)11-2-7(8,9)3-15/h15H,2-3H2,1H3,(H3,10,11,12,13,14). The maximum absolute atomic E-state index is 12.7. The fourth-order valence-electron chi connectivity index (χ4n) is 0.807. The second-order valence-electron chi connectivity index (χ2n) is 2.87. The number of hydrogen-bond donors (Lipinski definition) is 3. The number of anilines is 2. The van der Waals surface area contributed by atoms with Gasteiger partial charge in [-0.15, -0.1) is 0 Å². The largest absolute Gasteiger partial charge is 0.467 e. The van der Waals surface area contributed by atoms with Crippen LogP contribution >= 0.6 is 0 Å². The van der Waals surface area contributed by atoms with Crippen molar-refractivity contribution >= 4 is 11.9 Å². The molecule has 0 radical (unpaired) electrons. The number of rotatable bonds is 5. The van der Waals surface area contributed by atoms with E-state index < -0.39 is 19.1 Å². The zero-order chi connectivity index (χ0) is 12.2. The highest BCUT2D eigenvalue weighted by atomic mass is 19.3. The van der Waals surface area contributed by atoms with Crippen LogP contribution in [0.5, 0.6) is 6.01 Å². The molecule has 0 spiro atoms. The summed E-state index contributed by atoms with van der Waals surface area (Å²) in [7, 11) is 1.31. The average molecular weight is 235 g/mol. The first kappa shape index (κ1) is 12.3. The van der Waals surface area contributed by atoms with E-state index in [4.69, 9.17) is 10.8 Å². The molecule has 0 bridgehead atoms. The van der Waals surface area contributed by atoms with E-state index in [2.05, 4.69) is 25.0 Å². The lowest BCUT2D eigenvalue weighted by molar-refractivity contribution is -0.0374. The number of hydrogen-bond acceptors (Lipinski definition) is 7. The Bertz CT molecular complexity index is 363. The Hall–Kier alpha value is -1.77. The third-order valence-corrected chi connectivity index (χ3v) is 1.55. The Labute approximate surface area is 89.7 Å². The number of alkyl halides is 2. The lowest BCUT2D eigenvalue weighted by atomic mass is 10.3. The summed E-state index contributed by atoms with van der Waals surface area (Å²) in [6.07, 6.45) is 0. The first-order chi connectivity index (χ1) is 7.46. The summed E-state index contributed by atoms with van der Waals surface area (Å²) in [6.45, 7) is -2.08. The molecule has 0 aliphatic carbocycles. The Morgan fingerprint density at radius 2 is 2.12 bits per heavy atom. The van der Waals surface area contributed by atoms with Crippen molar-refractivity contribution in [2.75, 3.05) is 31.3 Å². The van der Waals surface area contributed by atoms with Gasteiger partial charge in [-0.3, -0.25) is 0 Å². The normalized spacial score (nSPS) is 11.2. The fraction of sp³-hybridized carbons (Fsp3) is 0.571. The van der Waals surface area contributed by atoms with Crippen LogP contribution in [0.2, 0.25) is 0 Å². The van der Waals surface area contributed by atoms with E-state index in [1.165, 1.54) is 7.11 Å². The lowest BCUT2D eigenvalue weighted by Gasteiger charge is -2.13. The molecule has 16 heavy (non-hydrogen) atoms. The number of aliphatic hydroxyl groups is 1. The molecular weight excluding hydrogens is 224 g/mol. The Balaban J connectivity index is 2.70. The molecule has 1 aromatic heterocycles. The predicted molar refractivity (Wildman–Crippen MR) is 51.3 cm³/mol. The van der Waals surface area contributed by atoms with E-state index in [-0.39, 0.29) is 17.9 Å². The van der Waals surface area contributed by atoms with E-state index in [1.807, 2.05) is 0 Å². The van der Waals surface area contributed by atoms with Gasteiger partial charge >= 0.3 is 6.01 Å². The first-order valence-electron chi connectivity index (χ1n) is 4.25. The van der Waals surface area contributed by atoms with Crippen molar-refractivity contribution in [3.8, 4) is 6.01 Å². The Morgan fingerprint density at radius 1 is 1.44 bits per heavy atom. The first-order valence-corrected chi connectivity index (χ1v) is 4.25. The van der Waals surface area contributed by atoms with Crippen LogP contribution in [0.4, 0.5) is 20.7 Å². The van der Waals surface area contributed by atoms with Gasteiger partial charge in [0.15, 0.2) is 0 Å². The molecule has 4 N–H and O–H groups in total. The van der Waals surface area contributed by atoms with Gasteiger partial charge in [-0.1, -0.05) is 0 Å². The highest BCUT2D eigenvalue weighted by Gasteiger charge is 2.27. The van der Waals surface area contributed by atoms with Gasteiger partial charge in [0.25, 0.3) is 5.92 Å². The van der Waals surface area contributed by atoms with E-state index in [0.717, 1.165) is 0 Å². The van der Waals surface area contributed by atoms with Crippen LogP contribution in [-0.4, -0.2) is 46.2 Å². The molecule has 1 heterocycles. The van der Waals surface area contributed by atoms with E-state index in [0.29, 0.717) is 0 Å². The summed E-state index contributed by atoms with van der Waals surface area (Å²) >= 11 is 0. The summed E-state index contributed by atoms with van der Waals surface area (Å²) in [6, 6.07) is -0.0812. The summed E-state index contributed by atoms with van der Waals surface area (Å²) in [5.41, 5.74) is 5.29. The minimum atomic E-state index is -3.26. The fourth-order valence-corrected chi connectivity index (χ4v) is 0.807. The molecule has 0 aromatic carbocycles. The summed E-state index contributed by atoms with van der Waals surface area (Å²) in [4.78, 5) is 10.8. The van der Waals surface area contributed by atoms with Crippen LogP contribution in [0.15, 0.2) is 0 Å². The predicted octanol–water partition coefficient (Wildman–Crippen LogP) is -0.498. The highest BCUT2D eigenvalue weighted by molar-refractivity contribution is 5.32. The number of nitrogen functional groups attached to an aromatic ring is 1. The van der Waals surface area contributed by atoms with Crippen molar-refractivity contribution in [2.24, 2.45) is 0 Å². The van der Waals surface area contributed by atoms with E-state index in [9.17, 15) is 8.78 Å². The van der Waals surface area contributed by atoms with Crippen molar-refractivity contribution in [1.82, 2.24) is 15.0 Å². The number of halogens is 2. The third kappa shape index (κ3) is 3.42. The molecule has 0 fully saturated rings. The van der Waals surface area contributed by atoms with Gasteiger partial charge in [0.05, 0.1) is 13.7 Å². The second-order valence-corrected chi connectivity index (χ2v) is 2.87. The SMILES string of the molecule is COc1nc(N)nc(NCC(F)(F)CO)n1. The molecule has 0 saturated heterocycles. The van der Waals surface area contributed by atoms with Crippen molar-refractivity contribution in [3.63, 3.8) is 0 Å². The van der Waals surface area contributed by atoms with Gasteiger partial charge in [0, 0.05) is 0 Å². The number of methoxy groups -OCH3 is 1. The monoisotopic (exact) mass is 235 g/mol. The highest BCUT2D eigenvalue weighted by Crippen LogP contribution is 2.14. The quantitative estimate of drug-likeness (QED) is 0.631. The molecule has 7 nitrogen and oxygen atoms in total. The van der Waals surface area contributed by atoms with Gasteiger partial charge in [-0.2, -0.15) is 15.0 Å². The van der Waals surface area contributed by atoms with E-state index >= 15 is 0 Å². The van der Waals surface area contributed by atoms with Crippen LogP contribution in [-0.2, 0) is 0 Å². The number of nitrogens with one attached hydrogen (secondary N) is 1. The van der Waals surface area contributed by atoms with Crippen LogP contribution in [0.25, 0.3) is 0 Å². The summed E-state index contributed by atoms with van der Waals surface area (Å²) < 4.78 is 30.0. The zero-order valence-electron chi connectivity index (χ0n) is 8.44. The molecule has 0 unspecified atom stereocenters. The molecule has 0 atom stereocenters. The van der Waals surface area contributed by atoms with Crippen LogP contribution < -0.4 is 15.8 Å². The maximum Gasteiger partial charge on any atom is 0.322 e. The maximum atomic E-state index is 12.7. The van der Waals surface area contributed by atoms with Crippen molar-refractivity contribution in [2.45, 2.75) is 5.92 Å². The third-order valence-electron chi connectivity index (χ3n) is 1.55. The molecule has 9 heteroatoms. The number of ether oxygens (including phenoxy) is 1. The topological polar surface area (TPSA) is 106 Å². The molecule has 0 amide bonds. The number of aromatic nitrogens is 3. The Kier molecular flexibility index (Phi) is 3.72. The average Bonchev–Trinajstić information content (AvgIpc) is 2.26. The van der Waals surface area contributed by atoms with Crippen molar-refractivity contribution < 1.29 is 18.6 Å². The molecule has 0 aliphatic rings. The van der Waals surface area contributed by atoms with Gasteiger partial charge < -0.3 is 20.9 Å². The number of nitrogens with zero attached hydrogens (tertiary/aromatic N) is 3. The van der Waals surface area contributed by atoms with Crippen LogP contribution in [0.1, 0.15) is 0 Å². The van der Waals surface area contributed by atoms with Crippen molar-refractivity contribution in [3.05, 3.63) is 0 Å². The van der Waals surface area contributed by atoms with E-state index in [1.54, 1.807) is 0 Å². The van der Waals surface area contributed by atoms with Gasteiger partial charge in [-0.05, 0) is 0 Å². The van der Waals surface area contributed by atoms with Gasteiger partial charge in [0.1, 0.15) is 6.61 Å². The summed E-state index contributed by atoms with van der Waals surface area (Å²) in [5.74, 6) is -3.55. The molecule has 1 rings (SSSR count). The zero-order valence-corrected chi connectivity index (χ0v) is 8.44. The molecule has 0 aliphatic heterocycles. The molecular formula is C7H11F2N5O2. The number of nitrogens with two attached hydrogens (primary N) is 1. The van der Waals surface area contributed by atoms with Crippen molar-refractivity contribution in [1.29, 1.82) is 0 Å². The van der Waals surface area contributed by atoms with Crippen LogP contribution in [0.3, 0.4) is 0 Å². The lowest BCUT2D eigenvalue weighted by Crippen LogP contribution is -2.31. The van der Waals surface area contributed by atoms with Gasteiger partial charge in [-0.25, -0.2) is 8.78 Å². The minimum absolute atomic E-state index is 0.0812. The summed E-state index contributed by atoms with van der Waals surface area (Å²) in [5, 5.41) is 10.6. The molecule has 0 saturated carbocycles. The smallest absolute Gasteiger partial charge is 0.322 e. The van der Waals surface area contributed by atoms with Gasteiger partial charge in [0.2, 0.25) is 11.9 Å². The Morgan fingerprint density at radius 3 is 2.69 bits per heavy atom. The second kappa shape index (κ2) is 4.84. The molecule has 90 valence electrons.